The minimum Gasteiger partial charge on any atom is -0.456 e. The lowest BCUT2D eigenvalue weighted by Crippen LogP contribution is -2.06. The van der Waals surface area contributed by atoms with Crippen LogP contribution in [0.5, 0.6) is 0 Å². The fourth-order valence-corrected chi connectivity index (χ4v) is 7.02. The smallest absolute Gasteiger partial charge is 0.238 e. The van der Waals surface area contributed by atoms with Crippen molar-refractivity contribution in [3.63, 3.8) is 0 Å². The molecule has 0 fully saturated rings. The molecule has 0 spiro atoms. The molecule has 0 radical (unpaired) electrons. The summed E-state index contributed by atoms with van der Waals surface area (Å²) in [5.74, 6) is 1.79. The topological polar surface area (TPSA) is 56.7 Å². The van der Waals surface area contributed by atoms with Gasteiger partial charge in [-0.25, -0.2) is 4.98 Å². The lowest BCUT2D eigenvalue weighted by Gasteiger charge is -2.11. The highest BCUT2D eigenvalue weighted by Crippen LogP contribution is 2.40. The molecule has 5 nitrogen and oxygen atoms in total. The highest BCUT2D eigenvalue weighted by atomic mass is 16.3. The van der Waals surface area contributed by atoms with Gasteiger partial charge in [0.2, 0.25) is 5.95 Å². The Morgan fingerprint density at radius 2 is 0.820 bits per heavy atom. The molecule has 0 aliphatic heterocycles. The number of aromatic nitrogens is 4. The van der Waals surface area contributed by atoms with E-state index in [2.05, 4.69) is 102 Å². The molecule has 5 heteroatoms. The van der Waals surface area contributed by atoms with Crippen LogP contribution in [0.2, 0.25) is 0 Å². The predicted molar refractivity (Wildman–Crippen MR) is 203 cm³/mol. The number of nitrogens with zero attached hydrogens (tertiary/aromatic N) is 4. The van der Waals surface area contributed by atoms with Gasteiger partial charge >= 0.3 is 0 Å². The van der Waals surface area contributed by atoms with Crippen molar-refractivity contribution < 1.29 is 4.42 Å². The van der Waals surface area contributed by atoms with Gasteiger partial charge in [0.1, 0.15) is 11.2 Å². The fourth-order valence-electron chi connectivity index (χ4n) is 7.02. The van der Waals surface area contributed by atoms with E-state index in [9.17, 15) is 0 Å². The summed E-state index contributed by atoms with van der Waals surface area (Å²) in [6, 6.07) is 58.6. The van der Waals surface area contributed by atoms with E-state index < -0.39 is 0 Å². The lowest BCUT2D eigenvalue weighted by atomic mass is 10.0. The maximum atomic E-state index is 6.58. The number of hydrogen-bond acceptors (Lipinski definition) is 4. The lowest BCUT2D eigenvalue weighted by molar-refractivity contribution is 0.669. The minimum absolute atomic E-state index is 0.557. The zero-order valence-corrected chi connectivity index (χ0v) is 26.9. The first kappa shape index (κ1) is 28.2. The minimum atomic E-state index is 0.557. The van der Waals surface area contributed by atoms with Gasteiger partial charge in [0, 0.05) is 32.7 Å². The Bertz CT molecular complexity index is 2780. The van der Waals surface area contributed by atoms with E-state index in [1.165, 1.54) is 0 Å². The van der Waals surface area contributed by atoms with Crippen LogP contribution in [-0.4, -0.2) is 19.5 Å². The van der Waals surface area contributed by atoms with Gasteiger partial charge < -0.3 is 4.42 Å². The van der Waals surface area contributed by atoms with Crippen LogP contribution in [0.4, 0.5) is 0 Å². The average molecular weight is 641 g/mol. The molecule has 50 heavy (non-hydrogen) atoms. The highest BCUT2D eigenvalue weighted by Gasteiger charge is 2.21. The van der Waals surface area contributed by atoms with Gasteiger partial charge in [0.05, 0.1) is 11.0 Å². The first-order valence-corrected chi connectivity index (χ1v) is 16.7. The summed E-state index contributed by atoms with van der Waals surface area (Å²) in [7, 11) is 0. The van der Waals surface area contributed by atoms with Gasteiger partial charge in [-0.3, -0.25) is 4.57 Å². The molecule has 0 atom stereocenters. The number of fused-ring (bicyclic) bond motifs is 6. The molecule has 0 N–H and O–H groups in total. The standard InChI is InChI=1S/C45H28N4O/c1-5-13-29(14-6-1)33-21-23-35-37-28-42-38(36-24-22-34(26-41(36)50-42)30-15-7-2-8-16-30)27-40(37)49(39(35)25-33)45-47-43(31-17-9-3-10-18-31)46-44(48-45)32-19-11-4-12-20-32/h1-28H. The van der Waals surface area contributed by atoms with Crippen molar-refractivity contribution >= 4 is 43.7 Å². The van der Waals surface area contributed by atoms with Crippen LogP contribution in [0.15, 0.2) is 174 Å². The Kier molecular flexibility index (Phi) is 6.42. The third kappa shape index (κ3) is 4.67. The summed E-state index contributed by atoms with van der Waals surface area (Å²) < 4.78 is 8.77. The summed E-state index contributed by atoms with van der Waals surface area (Å²) in [5.41, 5.74) is 10.1. The third-order valence-corrected chi connectivity index (χ3v) is 9.46. The van der Waals surface area contributed by atoms with Crippen LogP contribution < -0.4 is 0 Å². The number of hydrogen-bond donors (Lipinski definition) is 0. The molecule has 0 aliphatic carbocycles. The molecule has 234 valence electrons. The van der Waals surface area contributed by atoms with Crippen molar-refractivity contribution in [2.75, 3.05) is 0 Å². The van der Waals surface area contributed by atoms with Crippen molar-refractivity contribution in [2.45, 2.75) is 0 Å². The molecule has 7 aromatic carbocycles. The zero-order valence-electron chi connectivity index (χ0n) is 26.9. The van der Waals surface area contributed by atoms with Crippen LogP contribution in [0.1, 0.15) is 0 Å². The van der Waals surface area contributed by atoms with Gasteiger partial charge in [-0.05, 0) is 52.6 Å². The molecule has 0 bridgehead atoms. The van der Waals surface area contributed by atoms with Crippen molar-refractivity contribution in [3.8, 4) is 51.0 Å². The Morgan fingerprint density at radius 1 is 0.340 bits per heavy atom. The maximum Gasteiger partial charge on any atom is 0.238 e. The van der Waals surface area contributed by atoms with Crippen molar-refractivity contribution in [1.29, 1.82) is 0 Å². The van der Waals surface area contributed by atoms with Gasteiger partial charge in [-0.1, -0.05) is 140 Å². The zero-order chi connectivity index (χ0) is 33.0. The van der Waals surface area contributed by atoms with Crippen LogP contribution in [0.25, 0.3) is 94.7 Å². The summed E-state index contributed by atoms with van der Waals surface area (Å²) in [6.45, 7) is 0. The molecule has 10 rings (SSSR count). The molecule has 0 amide bonds. The Labute approximate surface area is 287 Å². The molecule has 0 aliphatic rings. The van der Waals surface area contributed by atoms with Gasteiger partial charge in [-0.2, -0.15) is 9.97 Å². The van der Waals surface area contributed by atoms with Crippen molar-refractivity contribution in [2.24, 2.45) is 0 Å². The molecular formula is C45H28N4O. The molecule has 3 aromatic heterocycles. The van der Waals surface area contributed by atoms with E-state index in [4.69, 9.17) is 19.4 Å². The van der Waals surface area contributed by atoms with Crippen LogP contribution >= 0.6 is 0 Å². The van der Waals surface area contributed by atoms with E-state index in [0.717, 1.165) is 77.1 Å². The Morgan fingerprint density at radius 3 is 1.40 bits per heavy atom. The van der Waals surface area contributed by atoms with E-state index in [0.29, 0.717) is 17.6 Å². The molecule has 0 saturated carbocycles. The van der Waals surface area contributed by atoms with Crippen molar-refractivity contribution in [3.05, 3.63) is 170 Å². The second-order valence-electron chi connectivity index (χ2n) is 12.5. The van der Waals surface area contributed by atoms with Crippen molar-refractivity contribution in [1.82, 2.24) is 19.5 Å². The molecule has 0 saturated heterocycles. The Hall–Kier alpha value is -6.85. The fraction of sp³-hybridized carbons (Fsp3) is 0. The molecule has 0 unspecified atom stereocenters. The van der Waals surface area contributed by atoms with E-state index in [1.54, 1.807) is 0 Å². The normalized spacial score (nSPS) is 11.6. The quantitative estimate of drug-likeness (QED) is 0.188. The largest absolute Gasteiger partial charge is 0.456 e. The molecular weight excluding hydrogens is 613 g/mol. The average Bonchev–Trinajstić information content (AvgIpc) is 3.71. The number of benzene rings is 7. The summed E-state index contributed by atoms with van der Waals surface area (Å²) in [6.07, 6.45) is 0. The van der Waals surface area contributed by atoms with Crippen LogP contribution in [0.3, 0.4) is 0 Å². The van der Waals surface area contributed by atoms with Gasteiger partial charge in [0.15, 0.2) is 11.6 Å². The van der Waals surface area contributed by atoms with E-state index in [1.807, 2.05) is 72.8 Å². The monoisotopic (exact) mass is 640 g/mol. The van der Waals surface area contributed by atoms with E-state index in [-0.39, 0.29) is 0 Å². The molecule has 3 heterocycles. The summed E-state index contributed by atoms with van der Waals surface area (Å²) in [4.78, 5) is 15.3. The van der Waals surface area contributed by atoms with Gasteiger partial charge in [-0.15, -0.1) is 0 Å². The number of rotatable bonds is 5. The first-order chi connectivity index (χ1) is 24.8. The third-order valence-electron chi connectivity index (χ3n) is 9.46. The predicted octanol–water partition coefficient (Wildman–Crippen LogP) is 11.5. The van der Waals surface area contributed by atoms with E-state index >= 15 is 0 Å². The molecule has 10 aromatic rings. The second-order valence-corrected chi connectivity index (χ2v) is 12.5. The number of furan rings is 1. The first-order valence-electron chi connectivity index (χ1n) is 16.7. The summed E-state index contributed by atoms with van der Waals surface area (Å²) in [5, 5.41) is 4.27. The SMILES string of the molecule is c1ccc(-c2ccc3c(c2)oc2cc4c5ccc(-c6ccccc6)cc5n(-c5nc(-c6ccccc6)nc(-c6ccccc6)n5)c4cc23)cc1. The van der Waals surface area contributed by atoms with Gasteiger partial charge in [0.25, 0.3) is 0 Å². The maximum absolute atomic E-state index is 6.58. The van der Waals surface area contributed by atoms with Crippen LogP contribution in [-0.2, 0) is 0 Å². The van der Waals surface area contributed by atoms with Crippen LogP contribution in [0, 0.1) is 0 Å². The Balaban J connectivity index is 1.28. The summed E-state index contributed by atoms with van der Waals surface area (Å²) >= 11 is 0. The second kappa shape index (κ2) is 11.4. The highest BCUT2D eigenvalue weighted by molar-refractivity contribution is 6.17.